The first kappa shape index (κ1) is 26.8. The highest BCUT2D eigenvalue weighted by Gasteiger charge is 2.30. The molecule has 1 atom stereocenters. The Morgan fingerprint density at radius 3 is 2.25 bits per heavy atom. The van der Waals surface area contributed by atoms with Crippen LogP contribution in [0.15, 0.2) is 158 Å². The molecule has 6 nitrogen and oxygen atoms in total. The van der Waals surface area contributed by atoms with Crippen LogP contribution in [0.4, 0.5) is 0 Å². The highest BCUT2D eigenvalue weighted by molar-refractivity contribution is 6.30. The summed E-state index contributed by atoms with van der Waals surface area (Å²) < 4.78 is 13.2. The topological polar surface area (TPSA) is 75.1 Å². The molecule has 10 rings (SSSR count). The molecular weight excluding hydrogens is 592 g/mol. The zero-order valence-electron chi connectivity index (χ0n) is 25.8. The molecule has 2 N–H and O–H groups in total. The van der Waals surface area contributed by atoms with E-state index in [2.05, 4.69) is 102 Å². The standard InChI is InChI=1S/C42H28N4O2/c1-3-11-25(12-4-1)40-44-41(26-13-5-2-6-14-26)46-42(45-40)33-23-43-24-36-38(33)31-19-9-18-30(39(31)48-36)29-17-10-20-34-37(29)32-21-27-15-7-8-16-28(27)22-35(32)47-34/h1-23,40,43H,24H2,(H,44,45,46). The smallest absolute Gasteiger partial charge is 0.159 e. The predicted octanol–water partition coefficient (Wildman–Crippen LogP) is 9.74. The molecule has 0 bridgehead atoms. The zero-order chi connectivity index (χ0) is 31.6. The molecule has 1 unspecified atom stereocenters. The van der Waals surface area contributed by atoms with E-state index in [0.29, 0.717) is 12.4 Å². The van der Waals surface area contributed by atoms with Crippen molar-refractivity contribution >= 4 is 60.9 Å². The lowest BCUT2D eigenvalue weighted by atomic mass is 9.94. The Balaban J connectivity index is 1.14. The maximum Gasteiger partial charge on any atom is 0.159 e. The SMILES string of the molecule is C1=C(C2=NC(c3ccccc3)=NC(c3ccccc3)N2)c2c(oc3c(-c4cccc5oc6cc7ccccc7cc6c45)cccc23)CN1. The van der Waals surface area contributed by atoms with Crippen LogP contribution in [0.2, 0.25) is 0 Å². The molecule has 2 aromatic heterocycles. The van der Waals surface area contributed by atoms with Crippen molar-refractivity contribution in [1.82, 2.24) is 10.6 Å². The molecule has 0 fully saturated rings. The van der Waals surface area contributed by atoms with Crippen LogP contribution in [0.25, 0.3) is 60.4 Å². The number of hydrogen-bond acceptors (Lipinski definition) is 6. The number of rotatable bonds is 4. The maximum atomic E-state index is 6.78. The van der Waals surface area contributed by atoms with E-state index in [0.717, 1.165) is 83.3 Å². The average molecular weight is 621 g/mol. The van der Waals surface area contributed by atoms with Crippen molar-refractivity contribution < 1.29 is 8.83 Å². The molecule has 6 aromatic carbocycles. The van der Waals surface area contributed by atoms with E-state index in [9.17, 15) is 0 Å². The van der Waals surface area contributed by atoms with Gasteiger partial charge in [-0.25, -0.2) is 9.98 Å². The lowest BCUT2D eigenvalue weighted by molar-refractivity contribution is 0.532. The molecule has 0 saturated heterocycles. The lowest BCUT2D eigenvalue weighted by Crippen LogP contribution is -2.35. The van der Waals surface area contributed by atoms with Gasteiger partial charge in [-0.1, -0.05) is 115 Å². The van der Waals surface area contributed by atoms with E-state index in [1.807, 2.05) is 48.7 Å². The summed E-state index contributed by atoms with van der Waals surface area (Å²) in [4.78, 5) is 10.1. The summed E-state index contributed by atoms with van der Waals surface area (Å²) in [5.41, 5.74) is 8.68. The highest BCUT2D eigenvalue weighted by atomic mass is 16.3. The Morgan fingerprint density at radius 1 is 0.646 bits per heavy atom. The fraction of sp³-hybridized carbons (Fsp3) is 0.0476. The van der Waals surface area contributed by atoms with Crippen LogP contribution in [-0.4, -0.2) is 11.7 Å². The summed E-state index contributed by atoms with van der Waals surface area (Å²) in [6.45, 7) is 0.576. The van der Waals surface area contributed by atoms with Crippen molar-refractivity contribution in [3.05, 3.63) is 162 Å². The van der Waals surface area contributed by atoms with E-state index in [-0.39, 0.29) is 6.17 Å². The number of amidine groups is 2. The van der Waals surface area contributed by atoms with Crippen molar-refractivity contribution in [2.45, 2.75) is 12.7 Å². The van der Waals surface area contributed by atoms with Crippen molar-refractivity contribution in [3.63, 3.8) is 0 Å². The molecule has 228 valence electrons. The van der Waals surface area contributed by atoms with Crippen molar-refractivity contribution in [3.8, 4) is 11.1 Å². The molecule has 0 amide bonds. The minimum atomic E-state index is -0.294. The molecule has 48 heavy (non-hydrogen) atoms. The van der Waals surface area contributed by atoms with Crippen molar-refractivity contribution in [2.75, 3.05) is 0 Å². The number of aliphatic imine (C=N–C) groups is 2. The molecule has 8 aromatic rings. The Morgan fingerprint density at radius 2 is 1.40 bits per heavy atom. The van der Waals surface area contributed by atoms with E-state index in [4.69, 9.17) is 18.8 Å². The fourth-order valence-corrected chi connectivity index (χ4v) is 7.15. The molecule has 4 heterocycles. The zero-order valence-corrected chi connectivity index (χ0v) is 25.8. The van der Waals surface area contributed by atoms with E-state index in [1.54, 1.807) is 0 Å². The van der Waals surface area contributed by atoms with Crippen molar-refractivity contribution in [1.29, 1.82) is 0 Å². The molecular formula is C42H28N4O2. The number of benzene rings is 6. The van der Waals surface area contributed by atoms with Crippen molar-refractivity contribution in [2.24, 2.45) is 9.98 Å². The quantitative estimate of drug-likeness (QED) is 0.205. The summed E-state index contributed by atoms with van der Waals surface area (Å²) in [7, 11) is 0. The third-order valence-corrected chi connectivity index (χ3v) is 9.37. The van der Waals surface area contributed by atoms with Gasteiger partial charge in [0.05, 0.1) is 6.54 Å². The first-order chi connectivity index (χ1) is 23.8. The van der Waals surface area contributed by atoms with E-state index < -0.39 is 0 Å². The third-order valence-electron chi connectivity index (χ3n) is 9.37. The van der Waals surface area contributed by atoms with Crippen LogP contribution in [0.3, 0.4) is 0 Å². The van der Waals surface area contributed by atoms with Gasteiger partial charge in [0.25, 0.3) is 0 Å². The predicted molar refractivity (Wildman–Crippen MR) is 194 cm³/mol. The van der Waals surface area contributed by atoms with Crippen LogP contribution in [0.5, 0.6) is 0 Å². The summed E-state index contributed by atoms with van der Waals surface area (Å²) in [6.07, 6.45) is 1.75. The largest absolute Gasteiger partial charge is 0.458 e. The number of furan rings is 2. The first-order valence-electron chi connectivity index (χ1n) is 16.1. The molecule has 2 aliphatic heterocycles. The minimum Gasteiger partial charge on any atom is -0.458 e. The number of nitrogens with zero attached hydrogens (tertiary/aromatic N) is 2. The van der Waals surface area contributed by atoms with Gasteiger partial charge in [-0.3, -0.25) is 0 Å². The third kappa shape index (κ3) is 4.19. The van der Waals surface area contributed by atoms with Crippen LogP contribution in [-0.2, 0) is 6.54 Å². The van der Waals surface area contributed by atoms with Gasteiger partial charge in [0, 0.05) is 44.6 Å². The van der Waals surface area contributed by atoms with Gasteiger partial charge in [-0.05, 0) is 40.1 Å². The number of nitrogens with one attached hydrogen (secondary N) is 2. The Labute approximate surface area is 275 Å². The van der Waals surface area contributed by atoms with Gasteiger partial charge in [-0.2, -0.15) is 0 Å². The normalized spacial score (nSPS) is 15.9. The molecule has 0 spiro atoms. The molecule has 6 heteroatoms. The van der Waals surface area contributed by atoms with Gasteiger partial charge in [0.15, 0.2) is 5.84 Å². The summed E-state index contributed by atoms with van der Waals surface area (Å²) in [6, 6.07) is 45.9. The Kier molecular flexibility index (Phi) is 5.90. The molecule has 0 aliphatic carbocycles. The maximum absolute atomic E-state index is 6.78. The summed E-state index contributed by atoms with van der Waals surface area (Å²) in [5, 5.41) is 12.6. The van der Waals surface area contributed by atoms with Gasteiger partial charge in [0.2, 0.25) is 0 Å². The van der Waals surface area contributed by atoms with Gasteiger partial charge < -0.3 is 19.5 Å². The van der Waals surface area contributed by atoms with Crippen LogP contribution in [0.1, 0.15) is 28.6 Å². The second-order valence-corrected chi connectivity index (χ2v) is 12.2. The molecule has 0 saturated carbocycles. The minimum absolute atomic E-state index is 0.294. The monoisotopic (exact) mass is 620 g/mol. The van der Waals surface area contributed by atoms with E-state index >= 15 is 0 Å². The second kappa shape index (κ2) is 10.6. The summed E-state index contributed by atoms with van der Waals surface area (Å²) in [5.74, 6) is 2.30. The van der Waals surface area contributed by atoms with Crippen LogP contribution < -0.4 is 10.6 Å². The average Bonchev–Trinajstić information content (AvgIpc) is 3.72. The Bertz CT molecular complexity index is 2650. The summed E-state index contributed by atoms with van der Waals surface area (Å²) >= 11 is 0. The number of hydrogen-bond donors (Lipinski definition) is 2. The molecule has 2 aliphatic rings. The van der Waals surface area contributed by atoms with Crippen LogP contribution in [0, 0.1) is 0 Å². The second-order valence-electron chi connectivity index (χ2n) is 12.2. The van der Waals surface area contributed by atoms with E-state index in [1.165, 1.54) is 5.39 Å². The van der Waals surface area contributed by atoms with Gasteiger partial charge in [-0.15, -0.1) is 0 Å². The Hall–Kier alpha value is -6.40. The van der Waals surface area contributed by atoms with Gasteiger partial charge in [0.1, 0.15) is 34.5 Å². The first-order valence-corrected chi connectivity index (χ1v) is 16.1. The van der Waals surface area contributed by atoms with Crippen LogP contribution >= 0.6 is 0 Å². The molecule has 0 radical (unpaired) electrons. The fourth-order valence-electron chi connectivity index (χ4n) is 7.15. The number of fused-ring (bicyclic) bond motifs is 7. The number of para-hydroxylation sites is 1. The lowest BCUT2D eigenvalue weighted by Gasteiger charge is -2.26. The van der Waals surface area contributed by atoms with Gasteiger partial charge >= 0.3 is 0 Å². The highest BCUT2D eigenvalue weighted by Crippen LogP contribution is 2.44.